The number of sulfonamides is 1. The molecule has 4 aromatic carbocycles. The van der Waals surface area contributed by atoms with E-state index < -0.39 is 22.7 Å². The Morgan fingerprint density at radius 3 is 2.15 bits per heavy atom. The fourth-order valence-electron chi connectivity index (χ4n) is 4.95. The van der Waals surface area contributed by atoms with E-state index in [1.807, 2.05) is 62.3 Å². The lowest BCUT2D eigenvalue weighted by atomic mass is 9.84. The molecule has 4 aromatic rings. The van der Waals surface area contributed by atoms with Crippen LogP contribution in [-0.4, -0.2) is 15.5 Å². The van der Waals surface area contributed by atoms with Gasteiger partial charge in [0.15, 0.2) is 0 Å². The summed E-state index contributed by atoms with van der Waals surface area (Å²) in [5.74, 6) is 2.35. The summed E-state index contributed by atoms with van der Waals surface area (Å²) in [5.41, 5.74) is 4.06. The molecule has 40 heavy (non-hydrogen) atoms. The second-order valence-corrected chi connectivity index (χ2v) is 14.5. The Labute approximate surface area is 236 Å². The summed E-state index contributed by atoms with van der Waals surface area (Å²) < 4.78 is 39.3. The maximum atomic E-state index is 14.0. The summed E-state index contributed by atoms with van der Waals surface area (Å²) in [6, 6.07) is 32.9. The van der Waals surface area contributed by atoms with E-state index in [-0.39, 0.29) is 4.90 Å². The highest BCUT2D eigenvalue weighted by atomic mass is 32.2. The van der Waals surface area contributed by atoms with Gasteiger partial charge in [-0.15, -0.1) is 4.15 Å². The molecule has 0 saturated carbocycles. The average Bonchev–Trinajstić information content (AvgIpc) is 3.14. The summed E-state index contributed by atoms with van der Waals surface area (Å²) >= 11 is 0. The van der Waals surface area contributed by atoms with Gasteiger partial charge in [0.2, 0.25) is 7.28 Å². The van der Waals surface area contributed by atoms with Gasteiger partial charge in [0.25, 0.3) is 10.0 Å². The molecule has 0 aliphatic carbocycles. The SMILES string of the molecule is Cc1ccc(S(=O)(=O)N=[P@@](/C=C2/N(C)c3ccccc3C2(C)C)(Oc2ccc(C#N)cc2)c2ccccc2)cc1. The number of anilines is 1. The van der Waals surface area contributed by atoms with Crippen LogP contribution in [0.25, 0.3) is 0 Å². The number of nitrogens with zero attached hydrogens (tertiary/aromatic N) is 3. The zero-order valence-electron chi connectivity index (χ0n) is 22.8. The van der Waals surface area contributed by atoms with Crippen LogP contribution in [0.5, 0.6) is 5.75 Å². The van der Waals surface area contributed by atoms with Gasteiger partial charge in [0, 0.05) is 35.0 Å². The minimum absolute atomic E-state index is 0.0996. The Balaban J connectivity index is 1.83. The summed E-state index contributed by atoms with van der Waals surface area (Å²) in [4.78, 5) is 2.19. The maximum absolute atomic E-state index is 14.0. The molecule has 5 rings (SSSR count). The van der Waals surface area contributed by atoms with E-state index in [4.69, 9.17) is 4.52 Å². The van der Waals surface area contributed by atoms with Gasteiger partial charge < -0.3 is 9.42 Å². The minimum Gasteiger partial charge on any atom is -0.451 e. The van der Waals surface area contributed by atoms with Crippen LogP contribution < -0.4 is 14.7 Å². The third-order valence-corrected chi connectivity index (χ3v) is 12.0. The number of hydrogen-bond donors (Lipinski definition) is 0. The van der Waals surface area contributed by atoms with Crippen molar-refractivity contribution in [1.82, 2.24) is 0 Å². The normalized spacial score (nSPS) is 16.6. The van der Waals surface area contributed by atoms with Crippen LogP contribution in [0, 0.1) is 18.3 Å². The number of fused-ring (bicyclic) bond motifs is 1. The Morgan fingerprint density at radius 2 is 1.52 bits per heavy atom. The van der Waals surface area contributed by atoms with Crippen molar-refractivity contribution in [2.75, 3.05) is 11.9 Å². The molecule has 0 spiro atoms. The molecule has 1 aliphatic rings. The predicted octanol–water partition coefficient (Wildman–Crippen LogP) is 7.35. The first-order chi connectivity index (χ1) is 19.1. The third kappa shape index (κ3) is 5.09. The van der Waals surface area contributed by atoms with Crippen molar-refractivity contribution >= 4 is 28.3 Å². The molecule has 1 atom stereocenters. The molecule has 0 saturated heterocycles. The minimum atomic E-state index is -4.15. The molecular weight excluding hydrogens is 537 g/mol. The van der Waals surface area contributed by atoms with Crippen LogP contribution in [0.15, 0.2) is 124 Å². The van der Waals surface area contributed by atoms with Gasteiger partial charge in [-0.25, -0.2) is 0 Å². The number of aryl methyl sites for hydroxylation is 1. The second kappa shape index (κ2) is 10.5. The highest BCUT2D eigenvalue weighted by Crippen LogP contribution is 2.58. The largest absolute Gasteiger partial charge is 0.451 e. The van der Waals surface area contributed by atoms with Crippen LogP contribution in [0.2, 0.25) is 0 Å². The van der Waals surface area contributed by atoms with Crippen molar-refractivity contribution < 1.29 is 12.9 Å². The van der Waals surface area contributed by atoms with E-state index in [0.29, 0.717) is 16.6 Å². The van der Waals surface area contributed by atoms with Gasteiger partial charge in [0.1, 0.15) is 5.75 Å². The molecule has 0 bridgehead atoms. The van der Waals surface area contributed by atoms with E-state index in [2.05, 4.69) is 41.1 Å². The molecule has 0 unspecified atom stereocenters. The van der Waals surface area contributed by atoms with Gasteiger partial charge in [-0.1, -0.05) is 67.9 Å². The number of hydrogen-bond acceptors (Lipinski definition) is 5. The fourth-order valence-corrected chi connectivity index (χ4v) is 9.96. The summed E-state index contributed by atoms with van der Waals surface area (Å²) in [6.45, 7) is 6.15. The molecule has 0 radical (unpaired) electrons. The number of benzene rings is 4. The molecule has 6 nitrogen and oxygen atoms in total. The van der Waals surface area contributed by atoms with Crippen molar-refractivity contribution in [3.05, 3.63) is 131 Å². The van der Waals surface area contributed by atoms with Gasteiger partial charge in [-0.05, 0) is 67.1 Å². The summed E-state index contributed by atoms with van der Waals surface area (Å²) in [7, 11) is -5.60. The highest BCUT2D eigenvalue weighted by Gasteiger charge is 2.41. The van der Waals surface area contributed by atoms with E-state index in [1.54, 1.807) is 48.5 Å². The first kappa shape index (κ1) is 27.5. The monoisotopic (exact) mass is 567 g/mol. The van der Waals surface area contributed by atoms with Crippen LogP contribution in [0.4, 0.5) is 5.69 Å². The molecular formula is C32H30N3O3PS. The van der Waals surface area contributed by atoms with E-state index in [1.165, 1.54) is 0 Å². The Kier molecular flexibility index (Phi) is 7.18. The Morgan fingerprint density at radius 1 is 0.900 bits per heavy atom. The molecule has 0 N–H and O–H groups in total. The fraction of sp³-hybridized carbons (Fsp3) is 0.156. The number of nitriles is 1. The van der Waals surface area contributed by atoms with E-state index in [9.17, 15) is 13.7 Å². The van der Waals surface area contributed by atoms with Crippen LogP contribution >= 0.6 is 7.28 Å². The molecule has 1 aliphatic heterocycles. The zero-order chi connectivity index (χ0) is 28.5. The Bertz CT molecular complexity index is 1790. The first-order valence-corrected chi connectivity index (χ1v) is 16.0. The van der Waals surface area contributed by atoms with Gasteiger partial charge in [-0.3, -0.25) is 0 Å². The van der Waals surface area contributed by atoms with E-state index >= 15 is 0 Å². The zero-order valence-corrected chi connectivity index (χ0v) is 24.5. The number of likely N-dealkylation sites (N-methyl/N-ethyl adjacent to an activating group) is 1. The highest BCUT2D eigenvalue weighted by molar-refractivity contribution is 7.95. The van der Waals surface area contributed by atoms with Crippen LogP contribution in [0.1, 0.15) is 30.5 Å². The average molecular weight is 568 g/mol. The van der Waals surface area contributed by atoms with Crippen molar-refractivity contribution in [1.29, 1.82) is 5.26 Å². The maximum Gasteiger partial charge on any atom is 0.284 e. The molecule has 0 amide bonds. The predicted molar refractivity (Wildman–Crippen MR) is 162 cm³/mol. The lowest BCUT2D eigenvalue weighted by molar-refractivity contribution is 0.593. The van der Waals surface area contributed by atoms with Crippen molar-refractivity contribution in [3.8, 4) is 11.8 Å². The molecule has 0 aromatic heterocycles. The van der Waals surface area contributed by atoms with Gasteiger partial charge >= 0.3 is 0 Å². The first-order valence-electron chi connectivity index (χ1n) is 12.8. The lowest BCUT2D eigenvalue weighted by Gasteiger charge is -2.29. The van der Waals surface area contributed by atoms with Gasteiger partial charge in [-0.2, -0.15) is 13.7 Å². The van der Waals surface area contributed by atoms with Crippen LogP contribution in [0.3, 0.4) is 0 Å². The van der Waals surface area contributed by atoms with Crippen molar-refractivity contribution in [2.45, 2.75) is 31.1 Å². The number of rotatable bonds is 6. The molecule has 0 fully saturated rings. The summed E-state index contributed by atoms with van der Waals surface area (Å²) in [6.07, 6.45) is 0. The number of para-hydroxylation sites is 1. The second-order valence-electron chi connectivity index (χ2n) is 10.3. The molecule has 8 heteroatoms. The quantitative estimate of drug-likeness (QED) is 0.228. The molecule has 1 heterocycles. The molecule has 202 valence electrons. The van der Waals surface area contributed by atoms with Crippen molar-refractivity contribution in [2.24, 2.45) is 4.15 Å². The number of allylic oxidation sites excluding steroid dienone is 1. The standard InChI is InChI=1S/C32H30N3O3PS/c1-24-14-20-28(21-15-24)40(36,37)34-39(27-10-6-5-7-11-27,38-26-18-16-25(22-33)17-19-26)23-31-32(2,3)29-12-8-9-13-30(29)35(31)4/h5-21,23H,1-4H3/b31-23+/t39-/m0/s1. The van der Waals surface area contributed by atoms with E-state index in [0.717, 1.165) is 22.5 Å². The van der Waals surface area contributed by atoms with Crippen LogP contribution in [-0.2, 0) is 15.4 Å². The smallest absolute Gasteiger partial charge is 0.284 e. The van der Waals surface area contributed by atoms with Crippen molar-refractivity contribution in [3.63, 3.8) is 0 Å². The summed E-state index contributed by atoms with van der Waals surface area (Å²) in [5, 5.41) is 9.96. The Hall–Kier alpha value is -4.11. The lowest BCUT2D eigenvalue weighted by Crippen LogP contribution is -2.24. The topological polar surface area (TPSA) is 82.8 Å². The third-order valence-electron chi connectivity index (χ3n) is 7.14. The van der Waals surface area contributed by atoms with Gasteiger partial charge in [0.05, 0.1) is 16.5 Å².